The molecule has 2 aromatic carbocycles. The van der Waals surface area contributed by atoms with Gasteiger partial charge >= 0.3 is 5.97 Å². The quantitative estimate of drug-likeness (QED) is 0.627. The number of fused-ring (bicyclic) bond motifs is 1. The van der Waals surface area contributed by atoms with E-state index in [4.69, 9.17) is 4.74 Å². The molecule has 0 aliphatic carbocycles. The lowest BCUT2D eigenvalue weighted by Gasteiger charge is -2.23. The van der Waals surface area contributed by atoms with Crippen molar-refractivity contribution in [3.63, 3.8) is 0 Å². The monoisotopic (exact) mass is 362 g/mol. The number of aromatic nitrogens is 1. The normalized spacial score (nSPS) is 10.6. The number of pyridine rings is 1. The SMILES string of the molecule is COC(=O)CCN(Cc1ccccc1)C(=O)c1cc(C)nc2ccccc12. The number of hydrogen-bond donors (Lipinski definition) is 0. The summed E-state index contributed by atoms with van der Waals surface area (Å²) in [4.78, 5) is 31.2. The number of rotatable bonds is 6. The highest BCUT2D eigenvalue weighted by molar-refractivity contribution is 6.06. The highest BCUT2D eigenvalue weighted by Gasteiger charge is 2.20. The molecule has 5 heteroatoms. The number of amides is 1. The van der Waals surface area contributed by atoms with Gasteiger partial charge in [-0.15, -0.1) is 0 Å². The first kappa shape index (κ1) is 18.6. The summed E-state index contributed by atoms with van der Waals surface area (Å²) in [6.45, 7) is 2.58. The van der Waals surface area contributed by atoms with Gasteiger partial charge in [0.15, 0.2) is 0 Å². The van der Waals surface area contributed by atoms with Gasteiger partial charge in [0, 0.05) is 24.2 Å². The molecule has 0 spiro atoms. The van der Waals surface area contributed by atoms with Crippen molar-refractivity contribution in [2.75, 3.05) is 13.7 Å². The number of ether oxygens (including phenoxy) is 1. The van der Waals surface area contributed by atoms with E-state index in [1.807, 2.05) is 61.5 Å². The molecule has 0 aliphatic heterocycles. The highest BCUT2D eigenvalue weighted by atomic mass is 16.5. The van der Waals surface area contributed by atoms with Crippen LogP contribution in [0, 0.1) is 6.92 Å². The van der Waals surface area contributed by atoms with Crippen LogP contribution in [0.25, 0.3) is 10.9 Å². The first-order valence-corrected chi connectivity index (χ1v) is 8.85. The molecule has 5 nitrogen and oxygen atoms in total. The Kier molecular flexibility index (Phi) is 5.81. The van der Waals surface area contributed by atoms with Crippen molar-refractivity contribution in [2.24, 2.45) is 0 Å². The fourth-order valence-corrected chi connectivity index (χ4v) is 3.04. The Balaban J connectivity index is 1.95. The third-order valence-electron chi connectivity index (χ3n) is 4.39. The molecule has 0 atom stereocenters. The fraction of sp³-hybridized carbons (Fsp3) is 0.227. The summed E-state index contributed by atoms with van der Waals surface area (Å²) < 4.78 is 4.74. The number of aryl methyl sites for hydroxylation is 1. The first-order chi connectivity index (χ1) is 13.1. The van der Waals surface area contributed by atoms with Crippen LogP contribution in [0.5, 0.6) is 0 Å². The van der Waals surface area contributed by atoms with Crippen molar-refractivity contribution < 1.29 is 14.3 Å². The van der Waals surface area contributed by atoms with Gasteiger partial charge < -0.3 is 9.64 Å². The van der Waals surface area contributed by atoms with E-state index in [1.165, 1.54) is 7.11 Å². The van der Waals surface area contributed by atoms with E-state index in [0.717, 1.165) is 22.2 Å². The predicted octanol–water partition coefficient (Wildman–Crippen LogP) is 3.75. The van der Waals surface area contributed by atoms with Crippen LogP contribution in [-0.4, -0.2) is 35.4 Å². The van der Waals surface area contributed by atoms with Gasteiger partial charge in [-0.3, -0.25) is 14.6 Å². The van der Waals surface area contributed by atoms with Gasteiger partial charge in [-0.1, -0.05) is 48.5 Å². The number of carbonyl (C=O) groups is 2. The Hall–Kier alpha value is -3.21. The third-order valence-corrected chi connectivity index (χ3v) is 4.39. The van der Waals surface area contributed by atoms with Crippen molar-refractivity contribution in [1.82, 2.24) is 9.88 Å². The van der Waals surface area contributed by atoms with Crippen LogP contribution in [0.1, 0.15) is 28.0 Å². The maximum Gasteiger partial charge on any atom is 0.307 e. The van der Waals surface area contributed by atoms with E-state index in [-0.39, 0.29) is 24.8 Å². The second-order valence-electron chi connectivity index (χ2n) is 6.37. The lowest BCUT2D eigenvalue weighted by molar-refractivity contribution is -0.140. The second-order valence-corrected chi connectivity index (χ2v) is 6.37. The molecular formula is C22H22N2O3. The van der Waals surface area contributed by atoms with E-state index in [0.29, 0.717) is 12.1 Å². The molecule has 0 bridgehead atoms. The summed E-state index contributed by atoms with van der Waals surface area (Å²) in [7, 11) is 1.35. The minimum absolute atomic E-state index is 0.121. The molecule has 3 rings (SSSR count). The Bertz CT molecular complexity index is 954. The molecule has 0 unspecified atom stereocenters. The molecular weight excluding hydrogens is 340 g/mol. The van der Waals surface area contributed by atoms with Crippen LogP contribution in [0.4, 0.5) is 0 Å². The highest BCUT2D eigenvalue weighted by Crippen LogP contribution is 2.21. The number of nitrogens with zero attached hydrogens (tertiary/aromatic N) is 2. The number of carbonyl (C=O) groups excluding carboxylic acids is 2. The van der Waals surface area contributed by atoms with Crippen LogP contribution >= 0.6 is 0 Å². The van der Waals surface area contributed by atoms with Crippen molar-refractivity contribution in [3.05, 3.63) is 77.5 Å². The lowest BCUT2D eigenvalue weighted by atomic mass is 10.1. The largest absolute Gasteiger partial charge is 0.469 e. The molecule has 0 saturated heterocycles. The molecule has 0 aliphatic rings. The van der Waals surface area contributed by atoms with Gasteiger partial charge in [-0.25, -0.2) is 0 Å². The van der Waals surface area contributed by atoms with Gasteiger partial charge in [0.1, 0.15) is 0 Å². The van der Waals surface area contributed by atoms with Crippen LogP contribution in [0.3, 0.4) is 0 Å². The Morgan fingerprint density at radius 2 is 1.74 bits per heavy atom. The molecule has 3 aromatic rings. The van der Waals surface area contributed by atoms with Gasteiger partial charge in [-0.05, 0) is 24.6 Å². The van der Waals surface area contributed by atoms with E-state index in [2.05, 4.69) is 4.98 Å². The first-order valence-electron chi connectivity index (χ1n) is 8.85. The summed E-state index contributed by atoms with van der Waals surface area (Å²) in [6, 6.07) is 19.1. The minimum atomic E-state index is -0.336. The van der Waals surface area contributed by atoms with Gasteiger partial charge in [-0.2, -0.15) is 0 Å². The third kappa shape index (κ3) is 4.50. The van der Waals surface area contributed by atoms with Gasteiger partial charge in [0.05, 0.1) is 24.6 Å². The maximum absolute atomic E-state index is 13.4. The molecule has 1 amide bonds. The number of para-hydroxylation sites is 1. The number of hydrogen-bond acceptors (Lipinski definition) is 4. The van der Waals surface area contributed by atoms with Crippen LogP contribution in [0.15, 0.2) is 60.7 Å². The fourth-order valence-electron chi connectivity index (χ4n) is 3.04. The molecule has 0 radical (unpaired) electrons. The van der Waals surface area contributed by atoms with Crippen molar-refractivity contribution in [3.8, 4) is 0 Å². The standard InChI is InChI=1S/C22H22N2O3/c1-16-14-19(18-10-6-7-11-20(18)23-16)22(26)24(13-12-21(25)27-2)15-17-8-4-3-5-9-17/h3-11,14H,12-13,15H2,1-2H3. The number of benzene rings is 2. The Labute approximate surface area is 158 Å². The maximum atomic E-state index is 13.4. The van der Waals surface area contributed by atoms with E-state index >= 15 is 0 Å². The number of esters is 1. The van der Waals surface area contributed by atoms with Crippen LogP contribution < -0.4 is 0 Å². The van der Waals surface area contributed by atoms with Crippen molar-refractivity contribution in [1.29, 1.82) is 0 Å². The number of methoxy groups -OCH3 is 1. The molecule has 0 N–H and O–H groups in total. The zero-order chi connectivity index (χ0) is 19.2. The topological polar surface area (TPSA) is 59.5 Å². The second kappa shape index (κ2) is 8.45. The van der Waals surface area contributed by atoms with Crippen LogP contribution in [0.2, 0.25) is 0 Å². The predicted molar refractivity (Wildman–Crippen MR) is 104 cm³/mol. The molecule has 0 fully saturated rings. The molecule has 1 aromatic heterocycles. The summed E-state index contributed by atoms with van der Waals surface area (Å²) in [5.74, 6) is -0.457. The summed E-state index contributed by atoms with van der Waals surface area (Å²) in [5.41, 5.74) is 3.17. The van der Waals surface area contributed by atoms with E-state index in [1.54, 1.807) is 11.0 Å². The molecule has 0 saturated carbocycles. The van der Waals surface area contributed by atoms with Crippen molar-refractivity contribution in [2.45, 2.75) is 19.9 Å². The average Bonchev–Trinajstić information content (AvgIpc) is 2.70. The Morgan fingerprint density at radius 3 is 2.48 bits per heavy atom. The summed E-state index contributed by atoms with van der Waals surface area (Å²) in [6.07, 6.45) is 0.150. The van der Waals surface area contributed by atoms with Crippen LogP contribution in [-0.2, 0) is 16.1 Å². The average molecular weight is 362 g/mol. The van der Waals surface area contributed by atoms with E-state index < -0.39 is 0 Å². The summed E-state index contributed by atoms with van der Waals surface area (Å²) >= 11 is 0. The minimum Gasteiger partial charge on any atom is -0.469 e. The zero-order valence-corrected chi connectivity index (χ0v) is 15.5. The molecule has 27 heavy (non-hydrogen) atoms. The van der Waals surface area contributed by atoms with Gasteiger partial charge in [0.25, 0.3) is 5.91 Å². The smallest absolute Gasteiger partial charge is 0.307 e. The Morgan fingerprint density at radius 1 is 1.04 bits per heavy atom. The lowest BCUT2D eigenvalue weighted by Crippen LogP contribution is -2.33. The van der Waals surface area contributed by atoms with Crippen molar-refractivity contribution >= 4 is 22.8 Å². The molecule has 138 valence electrons. The van der Waals surface area contributed by atoms with E-state index in [9.17, 15) is 9.59 Å². The zero-order valence-electron chi connectivity index (χ0n) is 15.5. The summed E-state index contributed by atoms with van der Waals surface area (Å²) in [5, 5.41) is 0.809. The van der Waals surface area contributed by atoms with Gasteiger partial charge in [0.2, 0.25) is 0 Å². The molecule has 1 heterocycles.